The van der Waals surface area contributed by atoms with Crippen molar-refractivity contribution in [2.24, 2.45) is 0 Å². The van der Waals surface area contributed by atoms with Crippen molar-refractivity contribution in [3.05, 3.63) is 63.1 Å². The van der Waals surface area contributed by atoms with E-state index in [-0.39, 0.29) is 30.8 Å². The molecule has 0 bridgehead atoms. The minimum absolute atomic E-state index is 0.153. The number of hydrogen-bond acceptors (Lipinski definition) is 3. The molecule has 33 heavy (non-hydrogen) atoms. The van der Waals surface area contributed by atoms with E-state index in [2.05, 4.69) is 5.32 Å². The summed E-state index contributed by atoms with van der Waals surface area (Å²) in [7, 11) is 0. The lowest BCUT2D eigenvalue weighted by atomic mass is 10.1. The molecule has 0 unspecified atom stereocenters. The molecule has 0 aliphatic heterocycles. The lowest BCUT2D eigenvalue weighted by Crippen LogP contribution is -2.49. The Balaban J connectivity index is 1.64. The first kappa shape index (κ1) is 25.7. The van der Waals surface area contributed by atoms with E-state index in [1.54, 1.807) is 54.3 Å². The van der Waals surface area contributed by atoms with E-state index in [1.807, 2.05) is 0 Å². The van der Waals surface area contributed by atoms with Gasteiger partial charge in [-0.05, 0) is 62.6 Å². The molecule has 8 heteroatoms. The molecular weight excluding hydrogens is 483 g/mol. The van der Waals surface area contributed by atoms with Crippen LogP contribution >= 0.6 is 34.8 Å². The van der Waals surface area contributed by atoms with Gasteiger partial charge in [0.15, 0.2) is 0 Å². The molecule has 0 aromatic heterocycles. The molecule has 1 aliphatic carbocycles. The Morgan fingerprint density at radius 2 is 1.70 bits per heavy atom. The largest absolute Gasteiger partial charge is 0.494 e. The molecule has 3 rings (SSSR count). The molecule has 5 nitrogen and oxygen atoms in total. The van der Waals surface area contributed by atoms with Crippen LogP contribution in [0.4, 0.5) is 0 Å². The number of halogens is 3. The molecule has 1 aliphatic rings. The number of hydrogen-bond donors (Lipinski definition) is 1. The number of carbonyl (C=O) groups excluding carboxylic acids is 2. The first-order valence-corrected chi connectivity index (χ1v) is 12.4. The summed E-state index contributed by atoms with van der Waals surface area (Å²) in [5.41, 5.74) is 0.632. The second-order valence-electron chi connectivity index (χ2n) is 8.29. The van der Waals surface area contributed by atoms with Gasteiger partial charge >= 0.3 is 0 Å². The Morgan fingerprint density at radius 3 is 2.33 bits per heavy atom. The van der Waals surface area contributed by atoms with Crippen molar-refractivity contribution in [3.63, 3.8) is 0 Å². The van der Waals surface area contributed by atoms with Gasteiger partial charge in [0.25, 0.3) is 0 Å². The van der Waals surface area contributed by atoms with Gasteiger partial charge in [0.2, 0.25) is 11.8 Å². The lowest BCUT2D eigenvalue weighted by Gasteiger charge is -2.30. The van der Waals surface area contributed by atoms with E-state index >= 15 is 0 Å². The average molecular weight is 512 g/mol. The first-order chi connectivity index (χ1) is 15.8. The van der Waals surface area contributed by atoms with E-state index in [0.717, 1.165) is 25.7 Å². The van der Waals surface area contributed by atoms with Crippen molar-refractivity contribution in [1.82, 2.24) is 10.2 Å². The number of nitrogens with one attached hydrogen (secondary N) is 1. The number of carbonyl (C=O) groups is 2. The molecular formula is C25H29Cl3N2O3. The normalized spacial score (nSPS) is 14.7. The van der Waals surface area contributed by atoms with Crippen LogP contribution in [0.2, 0.25) is 15.1 Å². The van der Waals surface area contributed by atoms with Gasteiger partial charge in [-0.2, -0.15) is 0 Å². The van der Waals surface area contributed by atoms with Gasteiger partial charge in [-0.3, -0.25) is 9.59 Å². The second kappa shape index (κ2) is 12.5. The van der Waals surface area contributed by atoms with Crippen molar-refractivity contribution in [2.75, 3.05) is 6.61 Å². The van der Waals surface area contributed by atoms with Gasteiger partial charge in [0.05, 0.1) is 6.61 Å². The maximum Gasteiger partial charge on any atom is 0.242 e. The van der Waals surface area contributed by atoms with Crippen LogP contribution in [-0.2, 0) is 16.1 Å². The average Bonchev–Trinajstić information content (AvgIpc) is 3.30. The zero-order valence-electron chi connectivity index (χ0n) is 18.7. The molecule has 0 saturated heterocycles. The summed E-state index contributed by atoms with van der Waals surface area (Å²) in [6, 6.07) is 11.8. The maximum atomic E-state index is 13.2. The van der Waals surface area contributed by atoms with Crippen LogP contribution in [0, 0.1) is 0 Å². The second-order valence-corrected chi connectivity index (χ2v) is 9.54. The maximum absolute atomic E-state index is 13.2. The third-order valence-electron chi connectivity index (χ3n) is 5.88. The van der Waals surface area contributed by atoms with Gasteiger partial charge in [0.1, 0.15) is 11.8 Å². The predicted octanol–water partition coefficient (Wildman–Crippen LogP) is 6.28. The fourth-order valence-corrected chi connectivity index (χ4v) is 4.56. The van der Waals surface area contributed by atoms with E-state index in [0.29, 0.717) is 39.4 Å². The SMILES string of the molecule is C[C@H](C(=O)NC1CCCC1)N(Cc1c(Cl)cccc1Cl)C(=O)CCCOc1ccc(Cl)cc1. The molecule has 1 atom stereocenters. The fourth-order valence-electron chi connectivity index (χ4n) is 3.92. The topological polar surface area (TPSA) is 58.6 Å². The molecule has 1 fully saturated rings. The highest BCUT2D eigenvalue weighted by atomic mass is 35.5. The van der Waals surface area contributed by atoms with E-state index in [1.165, 1.54) is 0 Å². The molecule has 178 valence electrons. The minimum atomic E-state index is -0.650. The molecule has 1 saturated carbocycles. The van der Waals surface area contributed by atoms with Crippen LogP contribution in [0.3, 0.4) is 0 Å². The molecule has 2 amide bonds. The van der Waals surface area contributed by atoms with E-state index < -0.39 is 6.04 Å². The zero-order chi connectivity index (χ0) is 23.8. The monoisotopic (exact) mass is 510 g/mol. The van der Waals surface area contributed by atoms with Crippen LogP contribution in [0.15, 0.2) is 42.5 Å². The minimum Gasteiger partial charge on any atom is -0.494 e. The third kappa shape index (κ3) is 7.53. The van der Waals surface area contributed by atoms with E-state index in [4.69, 9.17) is 39.5 Å². The van der Waals surface area contributed by atoms with Crippen molar-refractivity contribution >= 4 is 46.6 Å². The van der Waals surface area contributed by atoms with E-state index in [9.17, 15) is 9.59 Å². The molecule has 0 spiro atoms. The summed E-state index contributed by atoms with van der Waals surface area (Å²) in [5.74, 6) is 0.381. The van der Waals surface area contributed by atoms with Gasteiger partial charge in [-0.25, -0.2) is 0 Å². The summed E-state index contributed by atoms with van der Waals surface area (Å²) in [6.45, 7) is 2.28. The quantitative estimate of drug-likeness (QED) is 0.382. The highest BCUT2D eigenvalue weighted by Crippen LogP contribution is 2.27. The Hall–Kier alpha value is -1.95. The molecule has 1 N–H and O–H groups in total. The van der Waals surface area contributed by atoms with Crippen LogP contribution in [0.1, 0.15) is 51.0 Å². The van der Waals surface area contributed by atoms with Crippen molar-refractivity contribution in [3.8, 4) is 5.75 Å². The summed E-state index contributed by atoms with van der Waals surface area (Å²) >= 11 is 18.6. The smallest absolute Gasteiger partial charge is 0.242 e. The summed E-state index contributed by atoms with van der Waals surface area (Å²) in [6.07, 6.45) is 4.92. The zero-order valence-corrected chi connectivity index (χ0v) is 20.9. The van der Waals surface area contributed by atoms with Gasteiger partial charge < -0.3 is 15.0 Å². The fraction of sp³-hybridized carbons (Fsp3) is 0.440. The highest BCUT2D eigenvalue weighted by Gasteiger charge is 2.29. The van der Waals surface area contributed by atoms with Gasteiger partial charge in [0, 0.05) is 39.6 Å². The number of amides is 2. The van der Waals surface area contributed by atoms with Gasteiger partial charge in [-0.1, -0.05) is 53.7 Å². The van der Waals surface area contributed by atoms with Crippen molar-refractivity contribution in [1.29, 1.82) is 0 Å². The molecule has 0 radical (unpaired) electrons. The van der Waals surface area contributed by atoms with Crippen molar-refractivity contribution < 1.29 is 14.3 Å². The standard InChI is InChI=1S/C25H29Cl3N2O3/c1-17(25(32)29-19-6-2-3-7-19)30(16-21-22(27)8-4-9-23(21)28)24(31)10-5-15-33-20-13-11-18(26)12-14-20/h4,8-9,11-14,17,19H,2-3,5-7,10,15-16H2,1H3,(H,29,32)/t17-/m1/s1. The van der Waals surface area contributed by atoms with Gasteiger partial charge in [-0.15, -0.1) is 0 Å². The number of rotatable bonds is 10. The molecule has 0 heterocycles. The number of ether oxygens (including phenoxy) is 1. The Kier molecular flexibility index (Phi) is 9.72. The van der Waals surface area contributed by atoms with Crippen LogP contribution in [-0.4, -0.2) is 35.4 Å². The van der Waals surface area contributed by atoms with Crippen molar-refractivity contribution in [2.45, 2.75) is 64.1 Å². The Morgan fingerprint density at radius 1 is 1.06 bits per heavy atom. The Labute approximate surface area is 210 Å². The van der Waals surface area contributed by atoms with Crippen LogP contribution in [0.25, 0.3) is 0 Å². The lowest BCUT2D eigenvalue weighted by molar-refractivity contribution is -0.141. The Bertz CT molecular complexity index is 926. The predicted molar refractivity (Wildman–Crippen MR) is 133 cm³/mol. The summed E-state index contributed by atoms with van der Waals surface area (Å²) in [4.78, 5) is 27.7. The van der Waals surface area contributed by atoms with Crippen LogP contribution < -0.4 is 10.1 Å². The third-order valence-corrected chi connectivity index (χ3v) is 6.84. The summed E-state index contributed by atoms with van der Waals surface area (Å²) in [5, 5.41) is 4.66. The van der Waals surface area contributed by atoms with Crippen LogP contribution in [0.5, 0.6) is 5.75 Å². The number of benzene rings is 2. The summed E-state index contributed by atoms with van der Waals surface area (Å²) < 4.78 is 5.69. The highest BCUT2D eigenvalue weighted by molar-refractivity contribution is 6.36. The molecule has 2 aromatic rings. The number of nitrogens with zero attached hydrogens (tertiary/aromatic N) is 1. The first-order valence-electron chi connectivity index (χ1n) is 11.3. The molecule has 2 aromatic carbocycles.